The van der Waals surface area contributed by atoms with Gasteiger partial charge in [0.2, 0.25) is 5.91 Å². The van der Waals surface area contributed by atoms with E-state index in [0.29, 0.717) is 12.0 Å². The van der Waals surface area contributed by atoms with Crippen molar-refractivity contribution >= 4 is 22.6 Å². The maximum absolute atomic E-state index is 12.4. The molecule has 1 saturated carbocycles. The molecule has 4 aromatic rings. The second-order valence-electron chi connectivity index (χ2n) is 10.4. The molecule has 1 amide bonds. The standard InChI is InChI=1S/C28H30N8O/c37-28(17-2-1-3-17)33-19-10-18(13-30-14-19)23-12-22-25(15-32-23)35-36-26(22)24-11-21-20(6-9-31-27(21)34-24)16-4-7-29-8-5-16/h4-11,13-14,17,22-23,25-26,32,35-36H,1-3,12,15H2,(H,31,34)(H,33,37). The number of hydrazine groups is 1. The van der Waals surface area contributed by atoms with Crippen molar-refractivity contribution in [3.8, 4) is 11.1 Å². The Kier molecular flexibility index (Phi) is 5.68. The van der Waals surface area contributed by atoms with Gasteiger partial charge in [-0.05, 0) is 66.3 Å². The van der Waals surface area contributed by atoms with Gasteiger partial charge in [-0.15, -0.1) is 0 Å². The predicted octanol–water partition coefficient (Wildman–Crippen LogP) is 3.63. The van der Waals surface area contributed by atoms with E-state index in [1.165, 1.54) is 0 Å². The van der Waals surface area contributed by atoms with Crippen molar-refractivity contribution in [1.82, 2.24) is 36.1 Å². The Morgan fingerprint density at radius 3 is 2.73 bits per heavy atom. The summed E-state index contributed by atoms with van der Waals surface area (Å²) in [6.45, 7) is 0.845. The van der Waals surface area contributed by atoms with Crippen molar-refractivity contribution in [2.45, 2.75) is 43.8 Å². The molecule has 7 rings (SSSR count). The molecule has 2 saturated heterocycles. The van der Waals surface area contributed by atoms with E-state index in [-0.39, 0.29) is 23.9 Å². The normalized spacial score (nSPS) is 25.5. The molecule has 37 heavy (non-hydrogen) atoms. The zero-order valence-electron chi connectivity index (χ0n) is 20.4. The van der Waals surface area contributed by atoms with Crippen molar-refractivity contribution in [2.75, 3.05) is 11.9 Å². The van der Waals surface area contributed by atoms with Gasteiger partial charge in [0.25, 0.3) is 0 Å². The van der Waals surface area contributed by atoms with Crippen molar-refractivity contribution in [2.24, 2.45) is 11.8 Å². The molecule has 1 aliphatic carbocycles. The lowest BCUT2D eigenvalue weighted by Gasteiger charge is -2.34. The first-order valence-electron chi connectivity index (χ1n) is 13.1. The van der Waals surface area contributed by atoms with Crippen LogP contribution in [0.25, 0.3) is 22.2 Å². The van der Waals surface area contributed by atoms with Gasteiger partial charge in [0, 0.05) is 66.3 Å². The Balaban J connectivity index is 1.13. The van der Waals surface area contributed by atoms with Crippen LogP contribution in [-0.2, 0) is 4.79 Å². The number of nitrogens with one attached hydrogen (secondary N) is 5. The number of amides is 1. The number of piperidine rings is 1. The highest BCUT2D eigenvalue weighted by Gasteiger charge is 2.42. The van der Waals surface area contributed by atoms with Gasteiger partial charge in [-0.3, -0.25) is 20.2 Å². The molecule has 9 heteroatoms. The summed E-state index contributed by atoms with van der Waals surface area (Å²) < 4.78 is 0. The topological polar surface area (TPSA) is 120 Å². The highest BCUT2D eigenvalue weighted by Crippen LogP contribution is 2.40. The van der Waals surface area contributed by atoms with Gasteiger partial charge in [-0.1, -0.05) is 6.42 Å². The van der Waals surface area contributed by atoms with Crippen molar-refractivity contribution in [3.05, 3.63) is 72.6 Å². The molecule has 6 heterocycles. The van der Waals surface area contributed by atoms with E-state index in [1.807, 2.05) is 36.9 Å². The second kappa shape index (κ2) is 9.33. The Morgan fingerprint density at radius 1 is 1.00 bits per heavy atom. The van der Waals surface area contributed by atoms with Gasteiger partial charge < -0.3 is 15.6 Å². The van der Waals surface area contributed by atoms with Gasteiger partial charge in [0.1, 0.15) is 5.65 Å². The van der Waals surface area contributed by atoms with Crippen LogP contribution >= 0.6 is 0 Å². The van der Waals surface area contributed by atoms with E-state index < -0.39 is 0 Å². The van der Waals surface area contributed by atoms with Crippen LogP contribution in [0.2, 0.25) is 0 Å². The highest BCUT2D eigenvalue weighted by molar-refractivity contribution is 5.94. The number of hydrogen-bond acceptors (Lipinski definition) is 7. The van der Waals surface area contributed by atoms with E-state index in [1.54, 1.807) is 6.20 Å². The third kappa shape index (κ3) is 4.19. The number of rotatable bonds is 5. The Hall–Kier alpha value is -3.66. The Morgan fingerprint density at radius 2 is 1.89 bits per heavy atom. The lowest BCUT2D eigenvalue weighted by Crippen LogP contribution is -2.46. The zero-order valence-corrected chi connectivity index (χ0v) is 20.4. The molecular formula is C28H30N8O. The highest BCUT2D eigenvalue weighted by atomic mass is 16.1. The van der Waals surface area contributed by atoms with Crippen LogP contribution in [0.15, 0.2) is 61.3 Å². The van der Waals surface area contributed by atoms with Gasteiger partial charge in [0.15, 0.2) is 0 Å². The van der Waals surface area contributed by atoms with Crippen molar-refractivity contribution < 1.29 is 4.79 Å². The molecular weight excluding hydrogens is 464 g/mol. The van der Waals surface area contributed by atoms with E-state index in [0.717, 1.165) is 71.3 Å². The minimum Gasteiger partial charge on any atom is -0.342 e. The van der Waals surface area contributed by atoms with Crippen LogP contribution < -0.4 is 21.5 Å². The molecule has 4 aromatic heterocycles. The summed E-state index contributed by atoms with van der Waals surface area (Å²) in [5, 5.41) is 7.86. The maximum Gasteiger partial charge on any atom is 0.227 e. The van der Waals surface area contributed by atoms with Crippen LogP contribution in [0.5, 0.6) is 0 Å². The summed E-state index contributed by atoms with van der Waals surface area (Å²) in [6.07, 6.45) is 13.2. The van der Waals surface area contributed by atoms with Crippen LogP contribution in [0.4, 0.5) is 5.69 Å². The summed E-state index contributed by atoms with van der Waals surface area (Å²) in [5.74, 6) is 0.639. The SMILES string of the molecule is O=C(Nc1cncc(C2CC3C(CN2)NNC3c2cc3c(-c4ccncc4)ccnc3[nH]2)c1)C1CCC1. The summed E-state index contributed by atoms with van der Waals surface area (Å²) >= 11 is 0. The first-order chi connectivity index (χ1) is 18.2. The maximum atomic E-state index is 12.4. The average molecular weight is 495 g/mol. The number of carbonyl (C=O) groups is 1. The largest absolute Gasteiger partial charge is 0.342 e. The van der Waals surface area contributed by atoms with E-state index in [2.05, 4.69) is 59.6 Å². The average Bonchev–Trinajstić information content (AvgIpc) is 3.52. The number of hydrogen-bond donors (Lipinski definition) is 5. The molecule has 9 nitrogen and oxygen atoms in total. The minimum absolute atomic E-state index is 0.115. The molecule has 3 fully saturated rings. The number of anilines is 1. The molecule has 5 N–H and O–H groups in total. The van der Waals surface area contributed by atoms with E-state index in [9.17, 15) is 4.79 Å². The lowest BCUT2D eigenvalue weighted by atomic mass is 9.81. The Bertz CT molecular complexity index is 1430. The fourth-order valence-electron chi connectivity index (χ4n) is 5.96. The fourth-order valence-corrected chi connectivity index (χ4v) is 5.96. The second-order valence-corrected chi connectivity index (χ2v) is 10.4. The summed E-state index contributed by atoms with van der Waals surface area (Å²) in [7, 11) is 0. The molecule has 0 aromatic carbocycles. The number of pyridine rings is 3. The van der Waals surface area contributed by atoms with E-state index in [4.69, 9.17) is 0 Å². The van der Waals surface area contributed by atoms with Gasteiger partial charge in [-0.25, -0.2) is 10.4 Å². The van der Waals surface area contributed by atoms with Crippen LogP contribution in [0.1, 0.15) is 49.0 Å². The number of H-pyrrole nitrogens is 1. The minimum atomic E-state index is 0.115. The van der Waals surface area contributed by atoms with Crippen molar-refractivity contribution in [3.63, 3.8) is 0 Å². The smallest absolute Gasteiger partial charge is 0.227 e. The molecule has 2 aliphatic heterocycles. The first-order valence-corrected chi connectivity index (χ1v) is 13.1. The zero-order chi connectivity index (χ0) is 24.8. The van der Waals surface area contributed by atoms with Gasteiger partial charge >= 0.3 is 0 Å². The molecule has 3 aliphatic rings. The van der Waals surface area contributed by atoms with Crippen LogP contribution in [0.3, 0.4) is 0 Å². The quantitative estimate of drug-likeness (QED) is 0.287. The fraction of sp³-hybridized carbons (Fsp3) is 0.357. The van der Waals surface area contributed by atoms with Crippen molar-refractivity contribution in [1.29, 1.82) is 0 Å². The Labute approximate surface area is 214 Å². The van der Waals surface area contributed by atoms with Gasteiger partial charge in [0.05, 0.1) is 17.9 Å². The molecule has 188 valence electrons. The lowest BCUT2D eigenvalue weighted by molar-refractivity contribution is -0.122. The third-order valence-electron chi connectivity index (χ3n) is 8.25. The number of fused-ring (bicyclic) bond motifs is 2. The first kappa shape index (κ1) is 22.5. The van der Waals surface area contributed by atoms with Crippen LogP contribution in [0, 0.1) is 11.8 Å². The molecule has 0 bridgehead atoms. The number of nitrogens with zero attached hydrogens (tertiary/aromatic N) is 3. The summed E-state index contributed by atoms with van der Waals surface area (Å²) in [6, 6.07) is 11.0. The van der Waals surface area contributed by atoms with E-state index >= 15 is 0 Å². The molecule has 0 spiro atoms. The molecule has 4 atom stereocenters. The summed E-state index contributed by atoms with van der Waals surface area (Å²) in [5.41, 5.74) is 13.2. The van der Waals surface area contributed by atoms with Crippen LogP contribution in [-0.4, -0.2) is 38.4 Å². The monoisotopic (exact) mass is 494 g/mol. The predicted molar refractivity (Wildman–Crippen MR) is 141 cm³/mol. The van der Waals surface area contributed by atoms with Gasteiger partial charge in [-0.2, -0.15) is 0 Å². The molecule has 4 unspecified atom stereocenters. The number of aromatic nitrogens is 4. The summed E-state index contributed by atoms with van der Waals surface area (Å²) in [4.78, 5) is 29.2. The number of aromatic amines is 1. The molecule has 0 radical (unpaired) electrons. The third-order valence-corrected chi connectivity index (χ3v) is 8.25. The number of carbonyl (C=O) groups excluding carboxylic acids is 1.